The topological polar surface area (TPSA) is 75.6 Å². The van der Waals surface area contributed by atoms with E-state index in [1.807, 2.05) is 41.8 Å². The van der Waals surface area contributed by atoms with Crippen LogP contribution in [0.25, 0.3) is 10.1 Å². The molecule has 27 heavy (non-hydrogen) atoms. The largest absolute Gasteiger partial charge is 0.478 e. The number of carbonyl (C=O) groups excluding carboxylic acids is 1. The first-order valence-electron chi connectivity index (χ1n) is 8.62. The van der Waals surface area contributed by atoms with Gasteiger partial charge in [-0.1, -0.05) is 12.1 Å². The van der Waals surface area contributed by atoms with Gasteiger partial charge in [-0.15, -0.1) is 11.3 Å². The highest BCUT2D eigenvalue weighted by Crippen LogP contribution is 2.24. The van der Waals surface area contributed by atoms with E-state index >= 15 is 0 Å². The van der Waals surface area contributed by atoms with Crippen molar-refractivity contribution in [2.75, 3.05) is 5.32 Å². The van der Waals surface area contributed by atoms with E-state index < -0.39 is 11.6 Å². The van der Waals surface area contributed by atoms with Gasteiger partial charge in [-0.05, 0) is 73.0 Å². The Morgan fingerprint density at radius 1 is 1.11 bits per heavy atom. The maximum atomic E-state index is 12.2. The van der Waals surface area contributed by atoms with E-state index in [4.69, 9.17) is 9.84 Å². The fourth-order valence-electron chi connectivity index (χ4n) is 2.59. The minimum atomic E-state index is -1.29. The molecule has 140 valence electrons. The molecular weight excluding hydrogens is 362 g/mol. The lowest BCUT2D eigenvalue weighted by Gasteiger charge is -2.21. The van der Waals surface area contributed by atoms with Crippen LogP contribution in [0.1, 0.15) is 25.8 Å². The molecule has 0 aliphatic carbocycles. The van der Waals surface area contributed by atoms with E-state index in [1.54, 1.807) is 23.5 Å². The molecule has 0 atom stereocenters. The van der Waals surface area contributed by atoms with Gasteiger partial charge in [0.1, 0.15) is 5.75 Å². The quantitative estimate of drug-likeness (QED) is 0.619. The third-order valence-corrected chi connectivity index (χ3v) is 5.09. The normalized spacial score (nSPS) is 11.3. The van der Waals surface area contributed by atoms with Crippen molar-refractivity contribution >= 4 is 39.0 Å². The van der Waals surface area contributed by atoms with Gasteiger partial charge in [0.15, 0.2) is 5.60 Å². The summed E-state index contributed by atoms with van der Waals surface area (Å²) in [6.07, 6.45) is 0.956. The van der Waals surface area contributed by atoms with Crippen LogP contribution >= 0.6 is 11.3 Å². The fraction of sp³-hybridized carbons (Fsp3) is 0.238. The molecule has 1 amide bonds. The molecule has 0 saturated heterocycles. The van der Waals surface area contributed by atoms with Crippen LogP contribution in [-0.4, -0.2) is 22.6 Å². The molecule has 3 rings (SSSR count). The number of thiophene rings is 1. The van der Waals surface area contributed by atoms with Crippen LogP contribution in [0.5, 0.6) is 5.75 Å². The van der Waals surface area contributed by atoms with Crippen molar-refractivity contribution < 1.29 is 19.4 Å². The van der Waals surface area contributed by atoms with Gasteiger partial charge in [0.2, 0.25) is 5.91 Å². The number of aliphatic carboxylic acids is 1. The number of hydrogen-bond acceptors (Lipinski definition) is 4. The minimum Gasteiger partial charge on any atom is -0.478 e. The number of benzene rings is 2. The summed E-state index contributed by atoms with van der Waals surface area (Å²) < 4.78 is 6.67. The molecule has 0 aliphatic heterocycles. The second-order valence-corrected chi connectivity index (χ2v) is 7.73. The lowest BCUT2D eigenvalue weighted by atomic mass is 10.1. The molecule has 0 saturated carbocycles. The number of carboxylic acid groups (broad SMARTS) is 1. The number of carbonyl (C=O) groups is 2. The Balaban J connectivity index is 1.53. The number of rotatable bonds is 7. The van der Waals surface area contributed by atoms with Gasteiger partial charge in [-0.2, -0.15) is 0 Å². The summed E-state index contributed by atoms with van der Waals surface area (Å²) >= 11 is 1.67. The molecule has 2 N–H and O–H groups in total. The second kappa shape index (κ2) is 7.80. The van der Waals surface area contributed by atoms with Crippen molar-refractivity contribution in [1.82, 2.24) is 0 Å². The Labute approximate surface area is 161 Å². The summed E-state index contributed by atoms with van der Waals surface area (Å²) in [4.78, 5) is 23.3. The molecule has 2 aromatic carbocycles. The fourth-order valence-corrected chi connectivity index (χ4v) is 3.36. The van der Waals surface area contributed by atoms with E-state index in [1.165, 1.54) is 18.5 Å². The summed E-state index contributed by atoms with van der Waals surface area (Å²) in [5.74, 6) is -0.583. The van der Waals surface area contributed by atoms with Crippen molar-refractivity contribution in [3.8, 4) is 5.75 Å². The number of hydrogen-bond donors (Lipinski definition) is 2. The molecule has 0 radical (unpaired) electrons. The molecule has 0 bridgehead atoms. The van der Waals surface area contributed by atoms with Gasteiger partial charge in [-0.3, -0.25) is 4.79 Å². The van der Waals surface area contributed by atoms with E-state index in [9.17, 15) is 9.59 Å². The number of anilines is 1. The smallest absolute Gasteiger partial charge is 0.347 e. The zero-order valence-electron chi connectivity index (χ0n) is 15.2. The predicted octanol–water partition coefficient (Wildman–Crippen LogP) is 4.71. The van der Waals surface area contributed by atoms with E-state index in [0.717, 1.165) is 16.6 Å². The van der Waals surface area contributed by atoms with Crippen molar-refractivity contribution in [2.24, 2.45) is 0 Å². The minimum absolute atomic E-state index is 0.0445. The Hall–Kier alpha value is -2.86. The van der Waals surface area contributed by atoms with Crippen LogP contribution in [0, 0.1) is 0 Å². The summed E-state index contributed by atoms with van der Waals surface area (Å²) in [7, 11) is 0. The average Bonchev–Trinajstić information content (AvgIpc) is 3.08. The van der Waals surface area contributed by atoms with Crippen molar-refractivity contribution in [2.45, 2.75) is 32.3 Å². The van der Waals surface area contributed by atoms with Gasteiger partial charge in [0.25, 0.3) is 0 Å². The Morgan fingerprint density at radius 2 is 1.85 bits per heavy atom. The first kappa shape index (κ1) is 18.9. The summed E-state index contributed by atoms with van der Waals surface area (Å²) in [5.41, 5.74) is 0.495. The highest BCUT2D eigenvalue weighted by Gasteiger charge is 2.29. The van der Waals surface area contributed by atoms with Gasteiger partial charge in [0, 0.05) is 16.8 Å². The van der Waals surface area contributed by atoms with E-state index in [2.05, 4.69) is 5.32 Å². The van der Waals surface area contributed by atoms with E-state index in [0.29, 0.717) is 18.6 Å². The number of aryl methyl sites for hydroxylation is 1. The number of ether oxygens (including phenoxy) is 1. The first-order chi connectivity index (χ1) is 12.8. The Kier molecular flexibility index (Phi) is 5.46. The van der Waals surface area contributed by atoms with Gasteiger partial charge >= 0.3 is 5.97 Å². The van der Waals surface area contributed by atoms with E-state index in [-0.39, 0.29) is 5.91 Å². The second-order valence-electron chi connectivity index (χ2n) is 6.78. The maximum Gasteiger partial charge on any atom is 0.347 e. The highest BCUT2D eigenvalue weighted by atomic mass is 32.1. The van der Waals surface area contributed by atoms with Crippen molar-refractivity contribution in [3.63, 3.8) is 0 Å². The molecule has 0 unspecified atom stereocenters. The highest BCUT2D eigenvalue weighted by molar-refractivity contribution is 7.17. The Morgan fingerprint density at radius 3 is 2.56 bits per heavy atom. The van der Waals surface area contributed by atoms with Gasteiger partial charge in [-0.25, -0.2) is 4.79 Å². The molecule has 6 heteroatoms. The number of nitrogens with one attached hydrogen (secondary N) is 1. The molecular formula is C21H21NO4S. The summed E-state index contributed by atoms with van der Waals surface area (Å²) in [5, 5.41) is 15.2. The molecule has 1 aromatic heterocycles. The van der Waals surface area contributed by atoms with Gasteiger partial charge < -0.3 is 15.2 Å². The van der Waals surface area contributed by atoms with Crippen LogP contribution < -0.4 is 10.1 Å². The average molecular weight is 383 g/mol. The standard InChI is InChI=1S/C21H21NO4S/c1-21(2,20(24)25)26-17-7-3-14(4-8-17)5-10-19(23)22-16-6-9-18-15(13-16)11-12-27-18/h3-4,6-9,11-13H,5,10H2,1-2H3,(H,22,23)(H,24,25). The molecule has 5 nitrogen and oxygen atoms in total. The summed E-state index contributed by atoms with van der Waals surface area (Å²) in [6, 6.07) is 15.1. The van der Waals surface area contributed by atoms with Gasteiger partial charge in [0.05, 0.1) is 0 Å². The number of amides is 1. The zero-order valence-corrected chi connectivity index (χ0v) is 16.0. The molecule has 0 spiro atoms. The first-order valence-corrected chi connectivity index (χ1v) is 9.50. The predicted molar refractivity (Wildman–Crippen MR) is 108 cm³/mol. The number of fused-ring (bicyclic) bond motifs is 1. The molecule has 1 heterocycles. The van der Waals surface area contributed by atoms with Crippen LogP contribution in [0.4, 0.5) is 5.69 Å². The van der Waals surface area contributed by atoms with Crippen molar-refractivity contribution in [3.05, 3.63) is 59.5 Å². The molecule has 0 aliphatic rings. The maximum absolute atomic E-state index is 12.2. The lowest BCUT2D eigenvalue weighted by molar-refractivity contribution is -0.152. The number of carboxylic acids is 1. The Bertz CT molecular complexity index is 960. The van der Waals surface area contributed by atoms with Crippen LogP contribution in [0.3, 0.4) is 0 Å². The van der Waals surface area contributed by atoms with Crippen LogP contribution in [-0.2, 0) is 16.0 Å². The third kappa shape index (κ3) is 4.86. The monoisotopic (exact) mass is 383 g/mol. The van der Waals surface area contributed by atoms with Crippen LogP contribution in [0.2, 0.25) is 0 Å². The molecule has 3 aromatic rings. The van der Waals surface area contributed by atoms with Crippen molar-refractivity contribution in [1.29, 1.82) is 0 Å². The van der Waals surface area contributed by atoms with Crippen LogP contribution in [0.15, 0.2) is 53.9 Å². The SMILES string of the molecule is CC(C)(Oc1ccc(CCC(=O)Nc2ccc3sccc3c2)cc1)C(=O)O. The molecule has 0 fully saturated rings. The third-order valence-electron chi connectivity index (χ3n) is 4.19. The summed E-state index contributed by atoms with van der Waals surface area (Å²) in [6.45, 7) is 3.00. The lowest BCUT2D eigenvalue weighted by Crippen LogP contribution is -2.37. The zero-order chi connectivity index (χ0) is 19.4.